The maximum Gasteiger partial charge on any atom is 0.472 e. The van der Waals surface area contributed by atoms with Gasteiger partial charge in [-0.1, -0.05) is 273 Å². The van der Waals surface area contributed by atoms with Gasteiger partial charge in [-0.15, -0.1) is 0 Å². The van der Waals surface area contributed by atoms with Gasteiger partial charge in [0.25, 0.3) is 0 Å². The summed E-state index contributed by atoms with van der Waals surface area (Å²) in [4.78, 5) is 72.8. The standard InChI is InChI=1S/C85H134O17P2/c1-5-9-13-17-21-25-29-33-35-37-39-41-43-47-49-53-57-61-65-69-82(87)95-75-80(101-84(89)71-67-63-59-55-51-45-31-27-23-19-15-11-7-3)77-99-103(91,92)97-73-79(86)74-98-104(93,94)100-78-81(102-85(90)72-68-64-60-56-52-46-32-28-24-20-16-12-8-4)76-96-83(88)70-66-62-58-54-50-48-44-42-40-38-36-34-30-26-22-18-14-10-6-2/h9-10,13-16,19-22,25-28,31-36,39-42,47-50,57-58,61-62,79-81,86H,5-8,11-12,17-18,23-24,29-30,37-38,43-46,51-56,59-60,63-78H2,1-4H3,(H,91,92)(H,93,94)/b13-9-,14-10-,19-15-,20-16-,25-21-,26-22-,31-27-,32-28-,35-33-,36-34-,41-39-,42-40-,49-47-,50-48-,61-57-,62-58-. The van der Waals surface area contributed by atoms with E-state index in [4.69, 9.17) is 37.0 Å². The lowest BCUT2D eigenvalue weighted by Crippen LogP contribution is -2.30. The number of carbonyl (C=O) groups excluding carboxylic acids is 4. The molecule has 0 aliphatic rings. The van der Waals surface area contributed by atoms with Crippen molar-refractivity contribution in [2.75, 3.05) is 39.6 Å². The van der Waals surface area contributed by atoms with E-state index in [2.05, 4.69) is 186 Å². The van der Waals surface area contributed by atoms with Gasteiger partial charge in [-0.2, -0.15) is 0 Å². The zero-order chi connectivity index (χ0) is 76.0. The minimum absolute atomic E-state index is 0.0241. The van der Waals surface area contributed by atoms with Crippen LogP contribution < -0.4 is 0 Å². The molecule has 0 saturated heterocycles. The number of carbonyl (C=O) groups is 4. The summed E-state index contributed by atoms with van der Waals surface area (Å²) in [5.74, 6) is -2.43. The van der Waals surface area contributed by atoms with E-state index in [9.17, 15) is 43.2 Å². The summed E-state index contributed by atoms with van der Waals surface area (Å²) >= 11 is 0. The van der Waals surface area contributed by atoms with Crippen molar-refractivity contribution in [3.8, 4) is 0 Å². The summed E-state index contributed by atoms with van der Waals surface area (Å²) in [6.45, 7) is 4.27. The Hall–Kier alpha value is -6.10. The summed E-state index contributed by atoms with van der Waals surface area (Å²) in [5, 5.41) is 10.6. The van der Waals surface area contributed by atoms with Crippen LogP contribution in [0.1, 0.15) is 259 Å². The number of aliphatic hydroxyl groups excluding tert-OH is 1. The Bertz CT molecular complexity index is 2560. The number of esters is 4. The van der Waals surface area contributed by atoms with Gasteiger partial charge >= 0.3 is 39.5 Å². The molecule has 0 spiro atoms. The fourth-order valence-electron chi connectivity index (χ4n) is 9.23. The molecule has 0 amide bonds. The molecule has 17 nitrogen and oxygen atoms in total. The van der Waals surface area contributed by atoms with Crippen LogP contribution in [0.5, 0.6) is 0 Å². The number of phosphoric acid groups is 2. The van der Waals surface area contributed by atoms with Gasteiger partial charge in [0.2, 0.25) is 0 Å². The fraction of sp³-hybridized carbons (Fsp3) is 0.576. The number of phosphoric ester groups is 2. The first-order valence-electron chi connectivity index (χ1n) is 38.7. The van der Waals surface area contributed by atoms with E-state index in [0.29, 0.717) is 38.5 Å². The maximum atomic E-state index is 13.1. The quantitative estimate of drug-likeness (QED) is 0.0169. The summed E-state index contributed by atoms with van der Waals surface area (Å²) in [7, 11) is -10.0. The third-order valence-corrected chi connectivity index (χ3v) is 16.9. The predicted octanol–water partition coefficient (Wildman–Crippen LogP) is 22.5. The molecule has 0 aromatic heterocycles. The Morgan fingerprint density at radius 1 is 0.279 bits per heavy atom. The largest absolute Gasteiger partial charge is 0.472 e. The van der Waals surface area contributed by atoms with Gasteiger partial charge in [0.05, 0.1) is 26.4 Å². The molecule has 0 fully saturated rings. The molecule has 19 heteroatoms. The number of unbranched alkanes of at least 4 members (excludes halogenated alkanes) is 12. The minimum atomic E-state index is -5.01. The fourth-order valence-corrected chi connectivity index (χ4v) is 10.8. The van der Waals surface area contributed by atoms with Crippen molar-refractivity contribution in [3.05, 3.63) is 194 Å². The molecule has 4 unspecified atom stereocenters. The lowest BCUT2D eigenvalue weighted by atomic mass is 10.1. The zero-order valence-corrected chi connectivity index (χ0v) is 65.6. The molecular weight excluding hydrogens is 1350 g/mol. The van der Waals surface area contributed by atoms with Gasteiger partial charge in [-0.25, -0.2) is 9.13 Å². The van der Waals surface area contributed by atoms with Crippen molar-refractivity contribution in [1.29, 1.82) is 0 Å². The van der Waals surface area contributed by atoms with Gasteiger partial charge < -0.3 is 33.8 Å². The Morgan fingerprint density at radius 2 is 0.519 bits per heavy atom. The molecule has 0 aliphatic carbocycles. The molecule has 0 aromatic carbocycles. The SMILES string of the molecule is CC/C=C\C/C=C\C/C=C\C/C=C\C/C=C\C/C=C\CCC(=O)OCC(COP(=O)(O)OCC(O)COP(=O)(O)OCC(COC(=O)CC/C=C\C/C=C\C/C=C\C/C=C\C/C=C\C/C=C\CC)OC(=O)CCCCCCC/C=C\C/C=C\CCC)OC(=O)CCCCCCC/C=C\C/C=C\CCC. The van der Waals surface area contributed by atoms with E-state index < -0.39 is 97.5 Å². The van der Waals surface area contributed by atoms with Crippen LogP contribution in [0.15, 0.2) is 194 Å². The van der Waals surface area contributed by atoms with Gasteiger partial charge in [0, 0.05) is 25.7 Å². The summed E-state index contributed by atoms with van der Waals surface area (Å²) < 4.78 is 68.3. The lowest BCUT2D eigenvalue weighted by Gasteiger charge is -2.21. The second kappa shape index (κ2) is 75.1. The summed E-state index contributed by atoms with van der Waals surface area (Å²) in [6.07, 6.45) is 91.7. The Labute approximate surface area is 627 Å². The van der Waals surface area contributed by atoms with Gasteiger partial charge in [-0.3, -0.25) is 37.3 Å². The number of hydrogen-bond acceptors (Lipinski definition) is 15. The van der Waals surface area contributed by atoms with Crippen LogP contribution >= 0.6 is 15.6 Å². The first kappa shape index (κ1) is 97.9. The average molecular weight is 1490 g/mol. The summed E-state index contributed by atoms with van der Waals surface area (Å²) in [5.41, 5.74) is 0. The van der Waals surface area contributed by atoms with E-state index in [1.54, 1.807) is 0 Å². The average Bonchev–Trinajstić information content (AvgIpc) is 0.913. The predicted molar refractivity (Wildman–Crippen MR) is 426 cm³/mol. The molecule has 104 heavy (non-hydrogen) atoms. The van der Waals surface area contributed by atoms with E-state index in [1.165, 1.54) is 0 Å². The first-order chi connectivity index (χ1) is 50.7. The van der Waals surface area contributed by atoms with E-state index >= 15 is 0 Å². The van der Waals surface area contributed by atoms with Crippen molar-refractivity contribution in [1.82, 2.24) is 0 Å². The molecule has 0 radical (unpaired) electrons. The maximum absolute atomic E-state index is 13.1. The highest BCUT2D eigenvalue weighted by Crippen LogP contribution is 2.45. The number of allylic oxidation sites excluding steroid dienone is 32. The van der Waals surface area contributed by atoms with Crippen molar-refractivity contribution in [2.24, 2.45) is 0 Å². The number of hydrogen-bond donors (Lipinski definition) is 3. The lowest BCUT2D eigenvalue weighted by molar-refractivity contribution is -0.161. The normalized spacial score (nSPS) is 15.0. The number of ether oxygens (including phenoxy) is 4. The minimum Gasteiger partial charge on any atom is -0.462 e. The molecular formula is C85H134O17P2. The summed E-state index contributed by atoms with van der Waals surface area (Å²) in [6, 6.07) is 0. The second-order valence-corrected chi connectivity index (χ2v) is 27.7. The van der Waals surface area contributed by atoms with Crippen LogP contribution in [0.4, 0.5) is 0 Å². The molecule has 0 saturated carbocycles. The van der Waals surface area contributed by atoms with Crippen LogP contribution in [0.25, 0.3) is 0 Å². The molecule has 586 valence electrons. The Balaban J connectivity index is 5.50. The van der Waals surface area contributed by atoms with Gasteiger partial charge in [0.1, 0.15) is 19.3 Å². The smallest absolute Gasteiger partial charge is 0.462 e. The highest BCUT2D eigenvalue weighted by molar-refractivity contribution is 7.47. The third-order valence-electron chi connectivity index (χ3n) is 15.0. The van der Waals surface area contributed by atoms with Crippen LogP contribution in [-0.2, 0) is 65.4 Å². The van der Waals surface area contributed by atoms with Gasteiger partial charge in [0.15, 0.2) is 12.2 Å². The van der Waals surface area contributed by atoms with E-state index in [0.717, 1.165) is 167 Å². The van der Waals surface area contributed by atoms with Gasteiger partial charge in [-0.05, 0) is 154 Å². The Morgan fingerprint density at radius 3 is 0.808 bits per heavy atom. The monoisotopic (exact) mass is 1490 g/mol. The topological polar surface area (TPSA) is 237 Å². The van der Waals surface area contributed by atoms with Crippen LogP contribution in [0.3, 0.4) is 0 Å². The molecule has 4 atom stereocenters. The zero-order valence-electron chi connectivity index (χ0n) is 63.9. The molecule has 0 aliphatic heterocycles. The highest BCUT2D eigenvalue weighted by atomic mass is 31.2. The number of rotatable bonds is 70. The van der Waals surface area contributed by atoms with Crippen molar-refractivity contribution >= 4 is 39.5 Å². The molecule has 0 rings (SSSR count). The van der Waals surface area contributed by atoms with Crippen LogP contribution in [0, 0.1) is 0 Å². The molecule has 0 bridgehead atoms. The van der Waals surface area contributed by atoms with Crippen molar-refractivity contribution in [2.45, 2.75) is 277 Å². The number of aliphatic hydroxyl groups is 1. The molecule has 3 N–H and O–H groups in total. The van der Waals surface area contributed by atoms with E-state index in [-0.39, 0.29) is 25.7 Å². The third kappa shape index (κ3) is 74.2. The van der Waals surface area contributed by atoms with Crippen molar-refractivity contribution in [3.63, 3.8) is 0 Å². The second-order valence-electron chi connectivity index (χ2n) is 24.8. The molecule has 0 aromatic rings. The first-order valence-corrected chi connectivity index (χ1v) is 41.7. The highest BCUT2D eigenvalue weighted by Gasteiger charge is 2.30. The van der Waals surface area contributed by atoms with E-state index in [1.807, 2.05) is 36.5 Å². The van der Waals surface area contributed by atoms with Crippen LogP contribution in [-0.4, -0.2) is 96.7 Å². The van der Waals surface area contributed by atoms with Crippen LogP contribution in [0.2, 0.25) is 0 Å². The van der Waals surface area contributed by atoms with Crippen molar-refractivity contribution < 1.29 is 80.2 Å². The molecule has 0 heterocycles. The Kier molecular flexibility index (Phi) is 70.7.